The van der Waals surface area contributed by atoms with Crippen molar-refractivity contribution in [2.75, 3.05) is 19.6 Å². The molecule has 0 radical (unpaired) electrons. The predicted octanol–water partition coefficient (Wildman–Crippen LogP) is 3.84. The van der Waals surface area contributed by atoms with Crippen LogP contribution in [0.2, 0.25) is 0 Å². The molecule has 0 unspecified atom stereocenters. The molecule has 1 aromatic heterocycles. The van der Waals surface area contributed by atoms with Gasteiger partial charge in [0.1, 0.15) is 0 Å². The molecule has 0 saturated carbocycles. The molecule has 0 atom stereocenters. The molecule has 2 N–H and O–H groups in total. The van der Waals surface area contributed by atoms with E-state index in [0.29, 0.717) is 0 Å². The van der Waals surface area contributed by atoms with Gasteiger partial charge in [-0.25, -0.2) is 0 Å². The molecule has 1 saturated heterocycles. The second kappa shape index (κ2) is 6.85. The third kappa shape index (κ3) is 3.82. The average molecular weight is 328 g/mol. The Morgan fingerprint density at radius 2 is 1.91 bits per heavy atom. The molecule has 1 aromatic carbocycles. The Labute approximate surface area is 142 Å². The zero-order valence-electron chi connectivity index (χ0n) is 13.8. The van der Waals surface area contributed by atoms with Gasteiger partial charge < -0.3 is 10.6 Å². The molecule has 1 aliphatic rings. The normalized spacial score (nSPS) is 17.0. The van der Waals surface area contributed by atoms with Crippen molar-refractivity contribution in [3.63, 3.8) is 0 Å². The second-order valence-corrected chi connectivity index (χ2v) is 7.69. The lowest BCUT2D eigenvalue weighted by Gasteiger charge is -2.34. The van der Waals surface area contributed by atoms with E-state index in [-0.39, 0.29) is 11.3 Å². The van der Waals surface area contributed by atoms with Crippen LogP contribution in [0.1, 0.15) is 35.0 Å². The molecule has 2 aromatic rings. The molecule has 3 nitrogen and oxygen atoms in total. The number of aryl methyl sites for hydroxylation is 1. The van der Waals surface area contributed by atoms with Gasteiger partial charge in [-0.1, -0.05) is 36.8 Å². The third-order valence-corrected chi connectivity index (χ3v) is 5.63. The molecular weight excluding hydrogens is 304 g/mol. The number of amides is 1. The van der Waals surface area contributed by atoms with E-state index in [2.05, 4.69) is 48.7 Å². The van der Waals surface area contributed by atoms with Crippen LogP contribution in [-0.4, -0.2) is 25.5 Å². The molecule has 23 heavy (non-hydrogen) atoms. The van der Waals surface area contributed by atoms with Gasteiger partial charge >= 0.3 is 0 Å². The quantitative estimate of drug-likeness (QED) is 0.895. The van der Waals surface area contributed by atoms with E-state index < -0.39 is 0 Å². The highest BCUT2D eigenvalue weighted by molar-refractivity contribution is 7.12. The summed E-state index contributed by atoms with van der Waals surface area (Å²) >= 11 is 1.52. The number of hydrogen-bond acceptors (Lipinski definition) is 3. The van der Waals surface area contributed by atoms with E-state index in [1.54, 1.807) is 0 Å². The van der Waals surface area contributed by atoms with Gasteiger partial charge in [0.05, 0.1) is 4.88 Å². The second-order valence-electron chi connectivity index (χ2n) is 6.77. The van der Waals surface area contributed by atoms with Crippen LogP contribution >= 0.6 is 11.3 Å². The Morgan fingerprint density at radius 3 is 2.61 bits per heavy atom. The van der Waals surface area contributed by atoms with E-state index in [1.165, 1.54) is 16.9 Å². The van der Waals surface area contributed by atoms with Crippen LogP contribution in [0.25, 0.3) is 11.1 Å². The highest BCUT2D eigenvalue weighted by Gasteiger charge is 2.27. The standard InChI is InChI=1S/C19H24N2OS/c1-14-3-5-15(6-4-14)16-7-12-23-17(16)18(22)21-13-19(2)8-10-20-11-9-19/h3-7,12,20H,8-11,13H2,1-2H3,(H,21,22). The van der Waals surface area contributed by atoms with Crippen molar-refractivity contribution in [3.05, 3.63) is 46.2 Å². The zero-order chi connectivity index (χ0) is 16.3. The van der Waals surface area contributed by atoms with Gasteiger partial charge in [0.25, 0.3) is 5.91 Å². The smallest absolute Gasteiger partial charge is 0.262 e. The Morgan fingerprint density at radius 1 is 1.22 bits per heavy atom. The summed E-state index contributed by atoms with van der Waals surface area (Å²) in [4.78, 5) is 13.4. The lowest BCUT2D eigenvalue weighted by molar-refractivity contribution is 0.0927. The molecule has 2 heterocycles. The van der Waals surface area contributed by atoms with Gasteiger partial charge in [0.15, 0.2) is 0 Å². The first-order chi connectivity index (χ1) is 11.1. The van der Waals surface area contributed by atoms with Crippen molar-refractivity contribution < 1.29 is 4.79 Å². The minimum absolute atomic E-state index is 0.0512. The molecule has 3 rings (SSSR count). The Bertz CT molecular complexity index is 669. The number of thiophene rings is 1. The van der Waals surface area contributed by atoms with Gasteiger partial charge in [-0.3, -0.25) is 4.79 Å². The molecule has 1 fully saturated rings. The van der Waals surface area contributed by atoms with E-state index in [4.69, 9.17) is 0 Å². The van der Waals surface area contributed by atoms with Crippen LogP contribution in [0.15, 0.2) is 35.7 Å². The van der Waals surface area contributed by atoms with E-state index in [0.717, 1.165) is 48.5 Å². The number of benzene rings is 1. The Kier molecular flexibility index (Phi) is 4.83. The SMILES string of the molecule is Cc1ccc(-c2ccsc2C(=O)NCC2(C)CCNCC2)cc1. The summed E-state index contributed by atoms with van der Waals surface area (Å²) in [6.07, 6.45) is 2.23. The molecule has 0 spiro atoms. The lowest BCUT2D eigenvalue weighted by Crippen LogP contribution is -2.42. The summed E-state index contributed by atoms with van der Waals surface area (Å²) < 4.78 is 0. The minimum Gasteiger partial charge on any atom is -0.351 e. The fourth-order valence-corrected chi connectivity index (χ4v) is 3.86. The van der Waals surface area contributed by atoms with Crippen LogP contribution in [0.3, 0.4) is 0 Å². The molecule has 0 bridgehead atoms. The lowest BCUT2D eigenvalue weighted by atomic mass is 9.81. The molecule has 122 valence electrons. The number of carbonyl (C=O) groups excluding carboxylic acids is 1. The van der Waals surface area contributed by atoms with Gasteiger partial charge in [0, 0.05) is 12.1 Å². The maximum atomic E-state index is 12.6. The third-order valence-electron chi connectivity index (χ3n) is 4.72. The summed E-state index contributed by atoms with van der Waals surface area (Å²) in [6, 6.07) is 10.4. The monoisotopic (exact) mass is 328 g/mol. The van der Waals surface area contributed by atoms with Crippen molar-refractivity contribution in [3.8, 4) is 11.1 Å². The summed E-state index contributed by atoms with van der Waals surface area (Å²) in [5.41, 5.74) is 3.58. The first-order valence-electron chi connectivity index (χ1n) is 8.21. The number of hydrogen-bond donors (Lipinski definition) is 2. The van der Waals surface area contributed by atoms with Gasteiger partial charge in [-0.05, 0) is 55.3 Å². The fraction of sp³-hybridized carbons (Fsp3) is 0.421. The maximum Gasteiger partial charge on any atom is 0.262 e. The summed E-state index contributed by atoms with van der Waals surface area (Å²) in [6.45, 7) is 7.17. The highest BCUT2D eigenvalue weighted by atomic mass is 32.1. The topological polar surface area (TPSA) is 41.1 Å². The van der Waals surface area contributed by atoms with E-state index in [9.17, 15) is 4.79 Å². The van der Waals surface area contributed by atoms with Crippen LogP contribution in [0.5, 0.6) is 0 Å². The van der Waals surface area contributed by atoms with Crippen LogP contribution in [-0.2, 0) is 0 Å². The van der Waals surface area contributed by atoms with Crippen molar-refractivity contribution in [1.29, 1.82) is 0 Å². The van der Waals surface area contributed by atoms with Gasteiger partial charge in [-0.2, -0.15) is 0 Å². The zero-order valence-corrected chi connectivity index (χ0v) is 14.6. The number of carbonyl (C=O) groups is 1. The maximum absolute atomic E-state index is 12.6. The molecule has 4 heteroatoms. The van der Waals surface area contributed by atoms with E-state index >= 15 is 0 Å². The number of piperidine rings is 1. The fourth-order valence-electron chi connectivity index (χ4n) is 3.03. The predicted molar refractivity (Wildman–Crippen MR) is 97.0 cm³/mol. The van der Waals surface area contributed by atoms with Gasteiger partial charge in [0.2, 0.25) is 0 Å². The van der Waals surface area contributed by atoms with Crippen molar-refractivity contribution in [2.24, 2.45) is 5.41 Å². The molecule has 1 amide bonds. The average Bonchev–Trinajstić information content (AvgIpc) is 3.04. The summed E-state index contributed by atoms with van der Waals surface area (Å²) in [5.74, 6) is 0.0512. The van der Waals surface area contributed by atoms with Crippen molar-refractivity contribution >= 4 is 17.2 Å². The van der Waals surface area contributed by atoms with Crippen molar-refractivity contribution in [1.82, 2.24) is 10.6 Å². The first kappa shape index (κ1) is 16.2. The first-order valence-corrected chi connectivity index (χ1v) is 9.09. The Balaban J connectivity index is 1.71. The number of rotatable bonds is 4. The van der Waals surface area contributed by atoms with Crippen molar-refractivity contribution in [2.45, 2.75) is 26.7 Å². The highest BCUT2D eigenvalue weighted by Crippen LogP contribution is 2.30. The summed E-state index contributed by atoms with van der Waals surface area (Å²) in [7, 11) is 0. The van der Waals surface area contributed by atoms with E-state index in [1.807, 2.05) is 11.4 Å². The van der Waals surface area contributed by atoms with Crippen LogP contribution in [0, 0.1) is 12.3 Å². The van der Waals surface area contributed by atoms with Gasteiger partial charge in [-0.15, -0.1) is 11.3 Å². The van der Waals surface area contributed by atoms with Crippen LogP contribution < -0.4 is 10.6 Å². The molecule has 1 aliphatic heterocycles. The van der Waals surface area contributed by atoms with Crippen LogP contribution in [0.4, 0.5) is 0 Å². The largest absolute Gasteiger partial charge is 0.351 e. The molecular formula is C19H24N2OS. The number of nitrogens with one attached hydrogen (secondary N) is 2. The minimum atomic E-state index is 0.0512. The summed E-state index contributed by atoms with van der Waals surface area (Å²) in [5, 5.41) is 8.54. The molecule has 0 aliphatic carbocycles. The Hall–Kier alpha value is -1.65.